The van der Waals surface area contributed by atoms with E-state index in [0.29, 0.717) is 23.6 Å². The van der Waals surface area contributed by atoms with Crippen LogP contribution in [-0.2, 0) is 0 Å². The first-order valence-electron chi connectivity index (χ1n) is 7.32. The quantitative estimate of drug-likeness (QED) is 0.531. The van der Waals surface area contributed by atoms with E-state index in [1.54, 1.807) is 18.2 Å². The van der Waals surface area contributed by atoms with Gasteiger partial charge in [0.25, 0.3) is 0 Å². The number of aryl methyl sites for hydroxylation is 1. The number of hydrogen-bond acceptors (Lipinski definition) is 4. The first-order chi connectivity index (χ1) is 11.5. The van der Waals surface area contributed by atoms with E-state index in [1.807, 2.05) is 32.0 Å². The van der Waals surface area contributed by atoms with Crippen molar-refractivity contribution in [2.75, 3.05) is 11.9 Å². The van der Waals surface area contributed by atoms with Crippen LogP contribution in [0.2, 0.25) is 0 Å². The van der Waals surface area contributed by atoms with E-state index in [2.05, 4.69) is 31.8 Å². The van der Waals surface area contributed by atoms with Crippen molar-refractivity contribution in [3.05, 3.63) is 52.0 Å². The van der Waals surface area contributed by atoms with Crippen LogP contribution in [0.3, 0.4) is 0 Å². The highest BCUT2D eigenvalue weighted by Crippen LogP contribution is 2.32. The molecule has 0 aliphatic heterocycles. The number of aromatic hydroxyl groups is 1. The SMILES string of the molecule is CCOc1cc(Br)cc(/C=N/NC(=O)Nc2ccccc2C)c1O. The van der Waals surface area contributed by atoms with E-state index in [-0.39, 0.29) is 5.75 Å². The largest absolute Gasteiger partial charge is 0.504 e. The molecule has 6 nitrogen and oxygen atoms in total. The van der Waals surface area contributed by atoms with Crippen molar-refractivity contribution in [1.82, 2.24) is 5.43 Å². The number of hydrogen-bond donors (Lipinski definition) is 3. The molecule has 3 N–H and O–H groups in total. The van der Waals surface area contributed by atoms with Gasteiger partial charge >= 0.3 is 6.03 Å². The number of carbonyl (C=O) groups is 1. The van der Waals surface area contributed by atoms with Crippen LogP contribution in [-0.4, -0.2) is 24.0 Å². The van der Waals surface area contributed by atoms with Gasteiger partial charge < -0.3 is 15.2 Å². The molecular formula is C17H18BrN3O3. The van der Waals surface area contributed by atoms with Crippen LogP contribution in [0.15, 0.2) is 46.0 Å². The first kappa shape index (κ1) is 17.8. The van der Waals surface area contributed by atoms with E-state index >= 15 is 0 Å². The molecule has 2 rings (SSSR count). The molecule has 0 heterocycles. The molecule has 0 unspecified atom stereocenters. The topological polar surface area (TPSA) is 83.0 Å². The zero-order chi connectivity index (χ0) is 17.5. The summed E-state index contributed by atoms with van der Waals surface area (Å²) in [6.07, 6.45) is 1.35. The van der Waals surface area contributed by atoms with Gasteiger partial charge in [-0.1, -0.05) is 34.1 Å². The normalized spacial score (nSPS) is 10.6. The Morgan fingerprint density at radius 3 is 2.83 bits per heavy atom. The van der Waals surface area contributed by atoms with Gasteiger partial charge in [0.2, 0.25) is 0 Å². The second kappa shape index (κ2) is 8.35. The number of anilines is 1. The molecule has 0 fully saturated rings. The zero-order valence-corrected chi connectivity index (χ0v) is 14.9. The lowest BCUT2D eigenvalue weighted by Crippen LogP contribution is -2.24. The van der Waals surface area contributed by atoms with Crippen LogP contribution in [0.5, 0.6) is 11.5 Å². The summed E-state index contributed by atoms with van der Waals surface area (Å²) in [5, 5.41) is 16.7. The molecule has 0 saturated heterocycles. The van der Waals surface area contributed by atoms with Crippen LogP contribution in [0, 0.1) is 6.92 Å². The monoisotopic (exact) mass is 391 g/mol. The van der Waals surface area contributed by atoms with Crippen LogP contribution in [0.1, 0.15) is 18.1 Å². The Bertz CT molecular complexity index is 763. The molecule has 0 bridgehead atoms. The molecule has 24 heavy (non-hydrogen) atoms. The predicted molar refractivity (Wildman–Crippen MR) is 97.9 cm³/mol. The lowest BCUT2D eigenvalue weighted by molar-refractivity contribution is 0.252. The van der Waals surface area contributed by atoms with Gasteiger partial charge in [-0.2, -0.15) is 5.10 Å². The average molecular weight is 392 g/mol. The van der Waals surface area contributed by atoms with E-state index in [0.717, 1.165) is 10.0 Å². The minimum Gasteiger partial charge on any atom is -0.504 e. The number of hydrazone groups is 1. The smallest absolute Gasteiger partial charge is 0.339 e. The molecule has 0 aliphatic rings. The summed E-state index contributed by atoms with van der Waals surface area (Å²) in [6, 6.07) is 10.3. The van der Waals surface area contributed by atoms with Crippen molar-refractivity contribution >= 4 is 33.9 Å². The number of rotatable bonds is 5. The fraction of sp³-hybridized carbons (Fsp3) is 0.176. The van der Waals surface area contributed by atoms with E-state index in [4.69, 9.17) is 4.74 Å². The highest BCUT2D eigenvalue weighted by atomic mass is 79.9. The lowest BCUT2D eigenvalue weighted by atomic mass is 10.2. The maximum absolute atomic E-state index is 11.8. The van der Waals surface area contributed by atoms with Crippen molar-refractivity contribution in [3.8, 4) is 11.5 Å². The molecule has 2 aromatic carbocycles. The fourth-order valence-corrected chi connectivity index (χ4v) is 2.44. The molecule has 0 aliphatic carbocycles. The molecule has 0 saturated carbocycles. The number of para-hydroxylation sites is 1. The number of benzene rings is 2. The maximum Gasteiger partial charge on any atom is 0.339 e. The van der Waals surface area contributed by atoms with Crippen molar-refractivity contribution in [2.45, 2.75) is 13.8 Å². The predicted octanol–water partition coefficient (Wildman–Crippen LogP) is 4.02. The van der Waals surface area contributed by atoms with Crippen molar-refractivity contribution in [2.24, 2.45) is 5.10 Å². The van der Waals surface area contributed by atoms with Crippen LogP contribution in [0.4, 0.5) is 10.5 Å². The van der Waals surface area contributed by atoms with E-state index in [9.17, 15) is 9.90 Å². The minimum absolute atomic E-state index is 0.0371. The molecule has 0 spiro atoms. The number of nitrogens with zero attached hydrogens (tertiary/aromatic N) is 1. The average Bonchev–Trinajstić information content (AvgIpc) is 2.54. The summed E-state index contributed by atoms with van der Waals surface area (Å²) >= 11 is 3.34. The van der Waals surface area contributed by atoms with Gasteiger partial charge in [-0.05, 0) is 37.6 Å². The van der Waals surface area contributed by atoms with Crippen molar-refractivity contribution < 1.29 is 14.6 Å². The summed E-state index contributed by atoms with van der Waals surface area (Å²) in [6.45, 7) is 4.15. The molecule has 0 atom stereocenters. The van der Waals surface area contributed by atoms with Crippen LogP contribution < -0.4 is 15.5 Å². The van der Waals surface area contributed by atoms with Crippen molar-refractivity contribution in [3.63, 3.8) is 0 Å². The Balaban J connectivity index is 2.04. The van der Waals surface area contributed by atoms with E-state index in [1.165, 1.54) is 6.21 Å². The minimum atomic E-state index is -0.472. The molecule has 2 amide bonds. The zero-order valence-electron chi connectivity index (χ0n) is 13.3. The third-order valence-electron chi connectivity index (χ3n) is 3.13. The number of phenols is 1. The maximum atomic E-state index is 11.8. The van der Waals surface area contributed by atoms with Gasteiger partial charge in [0, 0.05) is 15.7 Å². The Morgan fingerprint density at radius 2 is 2.12 bits per heavy atom. The molecule has 0 radical (unpaired) electrons. The number of phenolic OH excluding ortho intramolecular Hbond substituents is 1. The molecule has 0 aromatic heterocycles. The molecule has 7 heteroatoms. The lowest BCUT2D eigenvalue weighted by Gasteiger charge is -2.09. The van der Waals surface area contributed by atoms with Gasteiger partial charge in [-0.15, -0.1) is 0 Å². The summed E-state index contributed by atoms with van der Waals surface area (Å²) in [7, 11) is 0. The highest BCUT2D eigenvalue weighted by Gasteiger charge is 2.09. The van der Waals surface area contributed by atoms with Crippen LogP contribution >= 0.6 is 15.9 Å². The number of ether oxygens (including phenoxy) is 1. The Kier molecular flexibility index (Phi) is 6.20. The van der Waals surface area contributed by atoms with Gasteiger partial charge in [0.05, 0.1) is 12.8 Å². The summed E-state index contributed by atoms with van der Waals surface area (Å²) in [5.74, 6) is 0.308. The van der Waals surface area contributed by atoms with E-state index < -0.39 is 6.03 Å². The van der Waals surface area contributed by atoms with Gasteiger partial charge in [-0.25, -0.2) is 10.2 Å². The summed E-state index contributed by atoms with van der Waals surface area (Å²) in [4.78, 5) is 11.8. The number of carbonyl (C=O) groups excluding carboxylic acids is 1. The molecule has 2 aromatic rings. The Labute approximate surface area is 148 Å². The van der Waals surface area contributed by atoms with Gasteiger partial charge in [0.1, 0.15) is 0 Å². The standard InChI is InChI=1S/C17H18BrN3O3/c1-3-24-15-9-13(18)8-12(16(15)22)10-19-21-17(23)20-14-7-5-4-6-11(14)2/h4-10,22H,3H2,1-2H3,(H2,20,21,23)/b19-10+. The fourth-order valence-electron chi connectivity index (χ4n) is 1.98. The Morgan fingerprint density at radius 1 is 1.38 bits per heavy atom. The highest BCUT2D eigenvalue weighted by molar-refractivity contribution is 9.10. The Hall–Kier alpha value is -2.54. The number of halogens is 1. The number of nitrogens with one attached hydrogen (secondary N) is 2. The van der Waals surface area contributed by atoms with Crippen LogP contribution in [0.25, 0.3) is 0 Å². The first-order valence-corrected chi connectivity index (χ1v) is 8.11. The van der Waals surface area contributed by atoms with Gasteiger partial charge in [0.15, 0.2) is 11.5 Å². The second-order valence-corrected chi connectivity index (χ2v) is 5.83. The van der Waals surface area contributed by atoms with Gasteiger partial charge in [-0.3, -0.25) is 0 Å². The summed E-state index contributed by atoms with van der Waals surface area (Å²) < 4.78 is 6.07. The number of amides is 2. The molecular weight excluding hydrogens is 374 g/mol. The number of urea groups is 1. The third-order valence-corrected chi connectivity index (χ3v) is 3.59. The second-order valence-electron chi connectivity index (χ2n) is 4.91. The third kappa shape index (κ3) is 4.73. The van der Waals surface area contributed by atoms with Crippen molar-refractivity contribution in [1.29, 1.82) is 0 Å². The molecule has 126 valence electrons. The summed E-state index contributed by atoms with van der Waals surface area (Å²) in [5.41, 5.74) is 4.43.